The van der Waals surface area contributed by atoms with E-state index in [1.807, 2.05) is 32.0 Å². The van der Waals surface area contributed by atoms with Crippen molar-refractivity contribution in [3.05, 3.63) is 105 Å². The third-order valence-electron chi connectivity index (χ3n) is 5.43. The van der Waals surface area contributed by atoms with Crippen LogP contribution in [0.2, 0.25) is 0 Å². The van der Waals surface area contributed by atoms with Crippen LogP contribution >= 0.6 is 11.8 Å². The molecule has 0 atom stereocenters. The third kappa shape index (κ3) is 5.87. The van der Waals surface area contributed by atoms with Gasteiger partial charge >= 0.3 is 6.03 Å². The number of aromatic nitrogens is 3. The molecule has 0 aliphatic carbocycles. The molecule has 0 radical (unpaired) electrons. The number of halogens is 1. The van der Waals surface area contributed by atoms with Crippen LogP contribution in [0.1, 0.15) is 22.5 Å². The largest absolute Gasteiger partial charge is 0.331 e. The van der Waals surface area contributed by atoms with Gasteiger partial charge in [-0.15, -0.1) is 10.2 Å². The van der Waals surface area contributed by atoms with Gasteiger partial charge in [-0.2, -0.15) is 0 Å². The van der Waals surface area contributed by atoms with Crippen LogP contribution in [0.4, 0.5) is 20.6 Å². The molecule has 3 aromatic carbocycles. The molecule has 0 aliphatic rings. The Bertz CT molecular complexity index is 1370. The molecule has 0 saturated heterocycles. The zero-order valence-electron chi connectivity index (χ0n) is 19.6. The Hall–Kier alpha value is -4.25. The average Bonchev–Trinajstić information content (AvgIpc) is 3.27. The molecule has 11 heteroatoms. The van der Waals surface area contributed by atoms with Crippen molar-refractivity contribution in [2.45, 2.75) is 31.3 Å². The summed E-state index contributed by atoms with van der Waals surface area (Å²) in [5, 5.41) is 25.8. The van der Waals surface area contributed by atoms with Gasteiger partial charge in [0.2, 0.25) is 0 Å². The molecule has 4 aromatic rings. The van der Waals surface area contributed by atoms with E-state index in [0.29, 0.717) is 22.4 Å². The first-order valence-electron chi connectivity index (χ1n) is 11.0. The van der Waals surface area contributed by atoms with Gasteiger partial charge in [0, 0.05) is 29.3 Å². The van der Waals surface area contributed by atoms with E-state index in [1.165, 1.54) is 36.0 Å². The van der Waals surface area contributed by atoms with E-state index in [9.17, 15) is 19.3 Å². The van der Waals surface area contributed by atoms with Gasteiger partial charge in [-0.1, -0.05) is 42.1 Å². The fourth-order valence-electron chi connectivity index (χ4n) is 3.55. The number of nitro groups is 1. The van der Waals surface area contributed by atoms with E-state index < -0.39 is 11.0 Å². The highest BCUT2D eigenvalue weighted by atomic mass is 32.2. The number of nitrogens with zero attached hydrogens (tertiary/aromatic N) is 4. The third-order valence-corrected chi connectivity index (χ3v) is 6.43. The second kappa shape index (κ2) is 11.0. The molecule has 2 N–H and O–H groups in total. The number of urea groups is 1. The summed E-state index contributed by atoms with van der Waals surface area (Å²) in [5.74, 6) is 0.638. The molecule has 9 nitrogen and oxygen atoms in total. The number of carbonyl (C=O) groups is 1. The number of benzene rings is 3. The number of carbonyl (C=O) groups excluding carboxylic acids is 1. The lowest BCUT2D eigenvalue weighted by Crippen LogP contribution is -2.30. The Kier molecular flexibility index (Phi) is 7.59. The number of hydrogen-bond acceptors (Lipinski definition) is 6. The van der Waals surface area contributed by atoms with Gasteiger partial charge in [0.25, 0.3) is 5.69 Å². The predicted molar refractivity (Wildman–Crippen MR) is 136 cm³/mol. The monoisotopic (exact) mass is 506 g/mol. The minimum absolute atomic E-state index is 0.0417. The van der Waals surface area contributed by atoms with E-state index in [2.05, 4.69) is 20.8 Å². The number of anilines is 1. The zero-order chi connectivity index (χ0) is 25.7. The van der Waals surface area contributed by atoms with Crippen LogP contribution < -0.4 is 10.6 Å². The van der Waals surface area contributed by atoms with Crippen LogP contribution in [0, 0.1) is 29.8 Å². The van der Waals surface area contributed by atoms with E-state index >= 15 is 0 Å². The summed E-state index contributed by atoms with van der Waals surface area (Å²) in [6.45, 7) is 3.90. The molecule has 0 spiro atoms. The predicted octanol–water partition coefficient (Wildman–Crippen LogP) is 5.55. The second-order valence-electron chi connectivity index (χ2n) is 8.00. The molecule has 0 aliphatic heterocycles. The van der Waals surface area contributed by atoms with Crippen LogP contribution in [0.5, 0.6) is 0 Å². The van der Waals surface area contributed by atoms with Gasteiger partial charge in [-0.25, -0.2) is 9.18 Å². The fourth-order valence-corrected chi connectivity index (χ4v) is 4.47. The second-order valence-corrected chi connectivity index (χ2v) is 8.94. The van der Waals surface area contributed by atoms with Gasteiger partial charge in [0.05, 0.1) is 11.5 Å². The number of nitrogens with one attached hydrogen (secondary N) is 2. The Labute approximate surface area is 210 Å². The number of hydrogen-bond donors (Lipinski definition) is 2. The maximum absolute atomic E-state index is 13.2. The molecule has 36 heavy (non-hydrogen) atoms. The van der Waals surface area contributed by atoms with Gasteiger partial charge in [0.1, 0.15) is 5.82 Å². The quantitative estimate of drug-likeness (QED) is 0.184. The molecule has 0 bridgehead atoms. The summed E-state index contributed by atoms with van der Waals surface area (Å²) in [7, 11) is 0. The Balaban J connectivity index is 1.55. The fraction of sp³-hybridized carbons (Fsp3) is 0.160. The van der Waals surface area contributed by atoms with Crippen molar-refractivity contribution in [1.82, 2.24) is 20.1 Å². The van der Waals surface area contributed by atoms with Crippen LogP contribution in [0.15, 0.2) is 71.9 Å². The van der Waals surface area contributed by atoms with Crippen molar-refractivity contribution in [1.29, 1.82) is 0 Å². The lowest BCUT2D eigenvalue weighted by molar-refractivity contribution is -0.384. The number of aryl methyl sites for hydroxylation is 2. The normalized spacial score (nSPS) is 10.8. The van der Waals surface area contributed by atoms with Crippen molar-refractivity contribution in [3.63, 3.8) is 0 Å². The van der Waals surface area contributed by atoms with E-state index in [0.717, 1.165) is 22.4 Å². The first-order valence-corrected chi connectivity index (χ1v) is 12.0. The number of nitro benzene ring substituents is 1. The summed E-state index contributed by atoms with van der Waals surface area (Å²) >= 11 is 1.38. The molecule has 1 aromatic heterocycles. The van der Waals surface area contributed by atoms with Crippen LogP contribution in [-0.4, -0.2) is 25.7 Å². The molecule has 1 heterocycles. The summed E-state index contributed by atoms with van der Waals surface area (Å²) in [6.07, 6.45) is 0. The van der Waals surface area contributed by atoms with Crippen LogP contribution in [0.3, 0.4) is 0 Å². The van der Waals surface area contributed by atoms with Gasteiger partial charge in [0.15, 0.2) is 11.0 Å². The molecule has 2 amide bonds. The Morgan fingerprint density at radius 2 is 1.69 bits per heavy atom. The lowest BCUT2D eigenvalue weighted by Gasteiger charge is -2.13. The molecule has 184 valence electrons. The molecule has 0 saturated carbocycles. The minimum Gasteiger partial charge on any atom is -0.331 e. The van der Waals surface area contributed by atoms with Crippen LogP contribution in [0.25, 0.3) is 5.69 Å². The minimum atomic E-state index is -0.472. The topological polar surface area (TPSA) is 115 Å². The number of thioether (sulfide) groups is 1. The Morgan fingerprint density at radius 1 is 1.03 bits per heavy atom. The van der Waals surface area contributed by atoms with E-state index in [1.54, 1.807) is 28.8 Å². The maximum Gasteiger partial charge on any atom is 0.319 e. The molecule has 4 rings (SSSR count). The molecule has 0 fully saturated rings. The van der Waals surface area contributed by atoms with E-state index in [4.69, 9.17) is 0 Å². The number of para-hydroxylation sites is 1. The standard InChI is InChI=1S/C25H23FN6O3S/c1-16-4-3-5-17(2)23(16)28-24(33)27-14-22-29-30-25(36-15-18-6-8-19(26)9-7-18)31(22)20-10-12-21(13-11-20)32(34)35/h3-13H,14-15H2,1-2H3,(H2,27,28,33). The molecule has 0 unspecified atom stereocenters. The number of amides is 2. The van der Waals surface area contributed by atoms with Gasteiger partial charge in [-0.05, 0) is 54.8 Å². The van der Waals surface area contributed by atoms with Gasteiger partial charge < -0.3 is 10.6 Å². The van der Waals surface area contributed by atoms with Crippen molar-refractivity contribution in [2.75, 3.05) is 5.32 Å². The molecular formula is C25H23FN6O3S. The summed E-state index contributed by atoms with van der Waals surface area (Å²) < 4.78 is 15.0. The summed E-state index contributed by atoms with van der Waals surface area (Å²) in [6, 6.07) is 17.5. The SMILES string of the molecule is Cc1cccc(C)c1NC(=O)NCc1nnc(SCc2ccc(F)cc2)n1-c1ccc([N+](=O)[O-])cc1. The van der Waals surface area contributed by atoms with Crippen molar-refractivity contribution in [2.24, 2.45) is 0 Å². The lowest BCUT2D eigenvalue weighted by atomic mass is 10.1. The van der Waals surface area contributed by atoms with Gasteiger partial charge in [-0.3, -0.25) is 14.7 Å². The van der Waals surface area contributed by atoms with Crippen molar-refractivity contribution >= 4 is 29.2 Å². The molecular weight excluding hydrogens is 483 g/mol. The highest BCUT2D eigenvalue weighted by Gasteiger charge is 2.17. The first kappa shape index (κ1) is 24.9. The number of rotatable bonds is 8. The smallest absolute Gasteiger partial charge is 0.319 e. The summed E-state index contributed by atoms with van der Waals surface area (Å²) in [4.78, 5) is 23.2. The average molecular weight is 507 g/mol. The van der Waals surface area contributed by atoms with Crippen LogP contribution in [-0.2, 0) is 12.3 Å². The number of non-ortho nitro benzene ring substituents is 1. The zero-order valence-corrected chi connectivity index (χ0v) is 20.4. The highest BCUT2D eigenvalue weighted by molar-refractivity contribution is 7.98. The van der Waals surface area contributed by atoms with Crippen molar-refractivity contribution < 1.29 is 14.1 Å². The Morgan fingerprint density at radius 3 is 2.33 bits per heavy atom. The van der Waals surface area contributed by atoms with E-state index in [-0.39, 0.29) is 18.0 Å². The summed E-state index contributed by atoms with van der Waals surface area (Å²) in [5.41, 5.74) is 4.09. The van der Waals surface area contributed by atoms with Crippen molar-refractivity contribution in [3.8, 4) is 5.69 Å². The highest BCUT2D eigenvalue weighted by Crippen LogP contribution is 2.27. The first-order chi connectivity index (χ1) is 17.3. The maximum atomic E-state index is 13.2.